The third-order valence-electron chi connectivity index (χ3n) is 3.42. The second-order valence-corrected chi connectivity index (χ2v) is 6.25. The van der Waals surface area contributed by atoms with E-state index in [2.05, 4.69) is 21.2 Å². The van der Waals surface area contributed by atoms with Gasteiger partial charge in [0.2, 0.25) is 0 Å². The molecule has 6 heteroatoms. The molecule has 0 saturated carbocycles. The topological polar surface area (TPSA) is 47.6 Å². The molecule has 2 aromatic carbocycles. The quantitative estimate of drug-likeness (QED) is 0.800. The molecule has 0 aliphatic heterocycles. The molecule has 122 valence electrons. The van der Waals surface area contributed by atoms with Gasteiger partial charge in [-0.15, -0.1) is 0 Å². The summed E-state index contributed by atoms with van der Waals surface area (Å²) in [7, 11) is 3.18. The van der Waals surface area contributed by atoms with Crippen molar-refractivity contribution < 1.29 is 14.3 Å². The number of hydrogen-bond donors (Lipinski definition) is 1. The van der Waals surface area contributed by atoms with Gasteiger partial charge in [-0.05, 0) is 43.3 Å². The number of amides is 1. The third-order valence-corrected chi connectivity index (χ3v) is 4.25. The molecule has 4 nitrogen and oxygen atoms in total. The monoisotopic (exact) mass is 397 g/mol. The molecule has 1 N–H and O–H groups in total. The van der Waals surface area contributed by atoms with Crippen molar-refractivity contribution in [2.75, 3.05) is 14.2 Å². The normalized spacial score (nSPS) is 11.7. The van der Waals surface area contributed by atoms with Crippen LogP contribution in [0.15, 0.2) is 40.9 Å². The smallest absolute Gasteiger partial charge is 0.253 e. The van der Waals surface area contributed by atoms with Crippen LogP contribution in [-0.4, -0.2) is 20.1 Å². The van der Waals surface area contributed by atoms with E-state index in [1.807, 2.05) is 25.1 Å². The third kappa shape index (κ3) is 4.18. The second kappa shape index (κ2) is 7.70. The molecular formula is C17H17BrClNO3. The zero-order valence-electron chi connectivity index (χ0n) is 13.0. The SMILES string of the molecule is COc1ccc(OC)c([C@@H](C)NC(=O)c2cc(Br)ccc2Cl)c1. The number of ether oxygens (including phenoxy) is 2. The fourth-order valence-electron chi connectivity index (χ4n) is 2.20. The van der Waals surface area contributed by atoms with Gasteiger partial charge in [-0.25, -0.2) is 0 Å². The van der Waals surface area contributed by atoms with Crippen molar-refractivity contribution in [1.82, 2.24) is 5.32 Å². The van der Waals surface area contributed by atoms with Gasteiger partial charge >= 0.3 is 0 Å². The Morgan fingerprint density at radius 2 is 1.91 bits per heavy atom. The summed E-state index contributed by atoms with van der Waals surface area (Å²) in [4.78, 5) is 12.5. The van der Waals surface area contributed by atoms with Crippen molar-refractivity contribution in [2.45, 2.75) is 13.0 Å². The van der Waals surface area contributed by atoms with Crippen LogP contribution >= 0.6 is 27.5 Å². The number of nitrogens with one attached hydrogen (secondary N) is 1. The lowest BCUT2D eigenvalue weighted by Crippen LogP contribution is -2.27. The number of benzene rings is 2. The van der Waals surface area contributed by atoms with Gasteiger partial charge in [0.1, 0.15) is 11.5 Å². The van der Waals surface area contributed by atoms with Gasteiger partial charge in [-0.1, -0.05) is 27.5 Å². The minimum Gasteiger partial charge on any atom is -0.497 e. The first-order chi connectivity index (χ1) is 11.0. The van der Waals surface area contributed by atoms with E-state index in [0.717, 1.165) is 10.0 Å². The molecule has 0 aliphatic carbocycles. The van der Waals surface area contributed by atoms with Crippen LogP contribution < -0.4 is 14.8 Å². The number of methoxy groups -OCH3 is 2. The van der Waals surface area contributed by atoms with E-state index in [1.54, 1.807) is 32.4 Å². The number of rotatable bonds is 5. The molecule has 0 aliphatic rings. The fraction of sp³-hybridized carbons (Fsp3) is 0.235. The summed E-state index contributed by atoms with van der Waals surface area (Å²) < 4.78 is 11.4. The van der Waals surface area contributed by atoms with E-state index in [9.17, 15) is 4.79 Å². The first kappa shape index (κ1) is 17.6. The molecule has 0 unspecified atom stereocenters. The van der Waals surface area contributed by atoms with E-state index in [0.29, 0.717) is 22.1 Å². The van der Waals surface area contributed by atoms with E-state index < -0.39 is 0 Å². The molecular weight excluding hydrogens is 382 g/mol. The minimum atomic E-state index is -0.275. The van der Waals surface area contributed by atoms with Crippen LogP contribution in [0.3, 0.4) is 0 Å². The molecule has 2 rings (SSSR count). The Bertz CT molecular complexity index is 721. The average molecular weight is 399 g/mol. The van der Waals surface area contributed by atoms with E-state index in [4.69, 9.17) is 21.1 Å². The lowest BCUT2D eigenvalue weighted by Gasteiger charge is -2.18. The number of carbonyl (C=O) groups is 1. The predicted molar refractivity (Wildman–Crippen MR) is 94.6 cm³/mol. The molecule has 0 spiro atoms. The maximum absolute atomic E-state index is 12.5. The summed E-state index contributed by atoms with van der Waals surface area (Å²) in [5, 5.41) is 3.33. The second-order valence-electron chi connectivity index (χ2n) is 4.93. The van der Waals surface area contributed by atoms with Crippen LogP contribution in [-0.2, 0) is 0 Å². The Hall–Kier alpha value is -1.72. The van der Waals surface area contributed by atoms with Gasteiger partial charge in [-0.2, -0.15) is 0 Å². The van der Waals surface area contributed by atoms with Crippen molar-refractivity contribution in [3.63, 3.8) is 0 Å². The van der Waals surface area contributed by atoms with Gasteiger partial charge < -0.3 is 14.8 Å². The number of halogens is 2. The highest BCUT2D eigenvalue weighted by molar-refractivity contribution is 9.10. The lowest BCUT2D eigenvalue weighted by molar-refractivity contribution is 0.0939. The van der Waals surface area contributed by atoms with Crippen LogP contribution in [0, 0.1) is 0 Å². The van der Waals surface area contributed by atoms with Gasteiger partial charge in [0.05, 0.1) is 30.8 Å². The average Bonchev–Trinajstić information content (AvgIpc) is 2.56. The van der Waals surface area contributed by atoms with Crippen LogP contribution in [0.4, 0.5) is 0 Å². The van der Waals surface area contributed by atoms with Crippen molar-refractivity contribution in [1.29, 1.82) is 0 Å². The van der Waals surface area contributed by atoms with Crippen molar-refractivity contribution in [3.05, 3.63) is 57.0 Å². The van der Waals surface area contributed by atoms with Crippen molar-refractivity contribution in [3.8, 4) is 11.5 Å². The molecule has 1 amide bonds. The van der Waals surface area contributed by atoms with Gasteiger partial charge in [-0.3, -0.25) is 4.79 Å². The van der Waals surface area contributed by atoms with Gasteiger partial charge in [0, 0.05) is 10.0 Å². The molecule has 0 saturated heterocycles. The zero-order valence-corrected chi connectivity index (χ0v) is 15.4. The van der Waals surface area contributed by atoms with Crippen molar-refractivity contribution >= 4 is 33.4 Å². The largest absolute Gasteiger partial charge is 0.497 e. The van der Waals surface area contributed by atoms with Crippen LogP contribution in [0.25, 0.3) is 0 Å². The first-order valence-corrected chi connectivity index (χ1v) is 8.11. The fourth-order valence-corrected chi connectivity index (χ4v) is 2.77. The summed E-state index contributed by atoms with van der Waals surface area (Å²) >= 11 is 9.44. The minimum absolute atomic E-state index is 0.256. The van der Waals surface area contributed by atoms with Gasteiger partial charge in [0.15, 0.2) is 0 Å². The molecule has 0 radical (unpaired) electrons. The Morgan fingerprint density at radius 3 is 2.57 bits per heavy atom. The van der Waals surface area contributed by atoms with Gasteiger partial charge in [0.25, 0.3) is 5.91 Å². The van der Waals surface area contributed by atoms with E-state index >= 15 is 0 Å². The van der Waals surface area contributed by atoms with Crippen LogP contribution in [0.5, 0.6) is 11.5 Å². The molecule has 2 aromatic rings. The Labute approximate surface area is 148 Å². The first-order valence-electron chi connectivity index (χ1n) is 6.94. The summed E-state index contributed by atoms with van der Waals surface area (Å²) in [5.41, 5.74) is 1.24. The highest BCUT2D eigenvalue weighted by Crippen LogP contribution is 2.30. The molecule has 1 atom stereocenters. The lowest BCUT2D eigenvalue weighted by atomic mass is 10.1. The molecule has 0 heterocycles. The summed E-state index contributed by atoms with van der Waals surface area (Å²) in [6, 6.07) is 10.3. The van der Waals surface area contributed by atoms with Crippen LogP contribution in [0.2, 0.25) is 5.02 Å². The van der Waals surface area contributed by atoms with E-state index in [-0.39, 0.29) is 11.9 Å². The van der Waals surface area contributed by atoms with E-state index in [1.165, 1.54) is 0 Å². The maximum atomic E-state index is 12.5. The molecule has 0 fully saturated rings. The Balaban J connectivity index is 2.26. The zero-order chi connectivity index (χ0) is 17.0. The maximum Gasteiger partial charge on any atom is 0.253 e. The summed E-state index contributed by atoms with van der Waals surface area (Å²) in [6.45, 7) is 1.88. The highest BCUT2D eigenvalue weighted by Gasteiger charge is 2.18. The Kier molecular flexibility index (Phi) is 5.91. The molecule has 0 bridgehead atoms. The number of carbonyl (C=O) groups excluding carboxylic acids is 1. The summed E-state index contributed by atoms with van der Waals surface area (Å²) in [5.74, 6) is 1.12. The molecule has 23 heavy (non-hydrogen) atoms. The van der Waals surface area contributed by atoms with Crippen LogP contribution in [0.1, 0.15) is 28.9 Å². The van der Waals surface area contributed by atoms with Crippen molar-refractivity contribution in [2.24, 2.45) is 0 Å². The standard InChI is InChI=1S/C17H17BrClNO3/c1-10(13-9-12(22-2)5-7-16(13)23-3)20-17(21)14-8-11(18)4-6-15(14)19/h4-10H,1-3H3,(H,20,21)/t10-/m1/s1. The number of hydrogen-bond acceptors (Lipinski definition) is 3. The highest BCUT2D eigenvalue weighted by atomic mass is 79.9. The molecule has 0 aromatic heterocycles. The predicted octanol–water partition coefficient (Wildman–Crippen LogP) is 4.61. The Morgan fingerprint density at radius 1 is 1.17 bits per heavy atom. The summed E-state index contributed by atoms with van der Waals surface area (Å²) in [6.07, 6.45) is 0.